The highest BCUT2D eigenvalue weighted by Crippen LogP contribution is 2.56. The summed E-state index contributed by atoms with van der Waals surface area (Å²) in [6.07, 6.45) is 1.38. The van der Waals surface area contributed by atoms with Crippen molar-refractivity contribution in [1.29, 1.82) is 0 Å². The van der Waals surface area contributed by atoms with E-state index in [2.05, 4.69) is 14.7 Å². The van der Waals surface area contributed by atoms with Crippen LogP contribution in [0.25, 0.3) is 0 Å². The molecule has 1 N–H and O–H groups in total. The summed E-state index contributed by atoms with van der Waals surface area (Å²) in [6.45, 7) is 2.55. The van der Waals surface area contributed by atoms with Gasteiger partial charge in [-0.2, -0.15) is 0 Å². The van der Waals surface area contributed by atoms with E-state index in [1.165, 1.54) is 0 Å². The summed E-state index contributed by atoms with van der Waals surface area (Å²) in [5, 5.41) is 11.3. The maximum absolute atomic E-state index is 12.3. The molecule has 3 aliphatic rings. The summed E-state index contributed by atoms with van der Waals surface area (Å²) in [4.78, 5) is 8.29. The molecule has 0 spiro atoms. The molecule has 0 aromatic rings. The summed E-state index contributed by atoms with van der Waals surface area (Å²) in [5.41, 5.74) is -1.32. The van der Waals surface area contributed by atoms with E-state index in [0.29, 0.717) is 32.4 Å². The van der Waals surface area contributed by atoms with Gasteiger partial charge in [-0.05, 0) is 43.9 Å². The Morgan fingerprint density at radius 1 is 1.08 bits per heavy atom. The van der Waals surface area contributed by atoms with Crippen LogP contribution in [0.15, 0.2) is 9.98 Å². The maximum atomic E-state index is 12.3. The van der Waals surface area contributed by atoms with Gasteiger partial charge in [0.05, 0.1) is 24.7 Å². The lowest BCUT2D eigenvalue weighted by atomic mass is 9.76. The fraction of sp³-hybridized carbons (Fsp3) is 0.882. The van der Waals surface area contributed by atoms with Crippen LogP contribution in [0, 0.1) is 11.3 Å². The molecule has 0 radical (unpaired) electrons. The number of hydrogen-bond donors (Lipinski definition) is 1. The number of nitrogens with zero attached hydrogens (tertiary/aromatic N) is 2. The lowest BCUT2D eigenvalue weighted by molar-refractivity contribution is -0.346. The Morgan fingerprint density at radius 2 is 1.64 bits per heavy atom. The monoisotopic (exact) mass is 362 g/mol. The molecule has 0 aromatic heterocycles. The molecule has 2 aliphatic carbocycles. The minimum Gasteiger partial charge on any atom is -0.386 e. The second-order valence-corrected chi connectivity index (χ2v) is 7.59. The van der Waals surface area contributed by atoms with Crippen molar-refractivity contribution in [2.45, 2.75) is 69.6 Å². The zero-order valence-electron chi connectivity index (χ0n) is 14.3. The first kappa shape index (κ1) is 18.8. The van der Waals surface area contributed by atoms with Crippen molar-refractivity contribution >= 4 is 12.4 Å². The highest BCUT2D eigenvalue weighted by atomic mass is 19.4. The van der Waals surface area contributed by atoms with Crippen LogP contribution in [0.5, 0.6) is 0 Å². The molecule has 1 heterocycles. The SMILES string of the molecule is CC1(C(O)(COC2CCC(OC(F)(F)F)CC2)C2C=NCN=C2)CC1. The molecule has 2 fully saturated rings. The van der Waals surface area contributed by atoms with E-state index < -0.39 is 18.1 Å². The fourth-order valence-corrected chi connectivity index (χ4v) is 3.70. The van der Waals surface area contributed by atoms with E-state index in [0.717, 1.165) is 12.8 Å². The van der Waals surface area contributed by atoms with E-state index >= 15 is 0 Å². The Hall–Kier alpha value is -0.990. The van der Waals surface area contributed by atoms with Gasteiger partial charge in [0.2, 0.25) is 0 Å². The third-order valence-electron chi connectivity index (χ3n) is 5.75. The van der Waals surface area contributed by atoms with Crippen LogP contribution in [-0.4, -0.2) is 55.0 Å². The quantitative estimate of drug-likeness (QED) is 0.790. The molecule has 25 heavy (non-hydrogen) atoms. The molecule has 2 saturated carbocycles. The number of hydrogen-bond acceptors (Lipinski definition) is 5. The lowest BCUT2D eigenvalue weighted by Crippen LogP contribution is -2.52. The smallest absolute Gasteiger partial charge is 0.386 e. The highest BCUT2D eigenvalue weighted by Gasteiger charge is 2.58. The molecular formula is C17H25F3N2O3. The van der Waals surface area contributed by atoms with Crippen molar-refractivity contribution in [3.05, 3.63) is 0 Å². The largest absolute Gasteiger partial charge is 0.522 e. The number of aliphatic hydroxyl groups is 1. The summed E-state index contributed by atoms with van der Waals surface area (Å²) < 4.78 is 46.9. The van der Waals surface area contributed by atoms with Gasteiger partial charge in [-0.1, -0.05) is 6.92 Å². The third kappa shape index (κ3) is 4.41. The molecule has 8 heteroatoms. The molecular weight excluding hydrogens is 337 g/mol. The van der Waals surface area contributed by atoms with Gasteiger partial charge in [0, 0.05) is 12.4 Å². The van der Waals surface area contributed by atoms with Crippen molar-refractivity contribution in [2.75, 3.05) is 13.3 Å². The first-order valence-electron chi connectivity index (χ1n) is 8.80. The molecule has 1 unspecified atom stereocenters. The van der Waals surface area contributed by atoms with Gasteiger partial charge in [0.25, 0.3) is 0 Å². The second kappa shape index (κ2) is 6.96. The van der Waals surface area contributed by atoms with Crippen LogP contribution >= 0.6 is 0 Å². The number of halogens is 3. The van der Waals surface area contributed by atoms with Crippen LogP contribution in [0.4, 0.5) is 13.2 Å². The van der Waals surface area contributed by atoms with E-state index in [1.807, 2.05) is 6.92 Å². The zero-order valence-corrected chi connectivity index (χ0v) is 14.3. The normalized spacial score (nSPS) is 31.7. The summed E-state index contributed by atoms with van der Waals surface area (Å²) in [7, 11) is 0. The Morgan fingerprint density at radius 3 is 2.16 bits per heavy atom. The van der Waals surface area contributed by atoms with Crippen LogP contribution in [0.3, 0.4) is 0 Å². The number of ether oxygens (including phenoxy) is 2. The minimum absolute atomic E-state index is 0.141. The first-order chi connectivity index (χ1) is 11.7. The van der Waals surface area contributed by atoms with E-state index in [-0.39, 0.29) is 24.0 Å². The molecule has 0 amide bonds. The van der Waals surface area contributed by atoms with Gasteiger partial charge in [-0.25, -0.2) is 0 Å². The number of rotatable bonds is 6. The first-order valence-corrected chi connectivity index (χ1v) is 8.80. The van der Waals surface area contributed by atoms with Crippen LogP contribution in [0.2, 0.25) is 0 Å². The maximum Gasteiger partial charge on any atom is 0.522 e. The average molecular weight is 362 g/mol. The third-order valence-corrected chi connectivity index (χ3v) is 5.75. The Kier molecular flexibility index (Phi) is 5.23. The van der Waals surface area contributed by atoms with E-state index in [9.17, 15) is 18.3 Å². The minimum atomic E-state index is -4.58. The van der Waals surface area contributed by atoms with Gasteiger partial charge < -0.3 is 9.84 Å². The molecule has 0 saturated heterocycles. The van der Waals surface area contributed by atoms with Crippen LogP contribution in [0.1, 0.15) is 45.4 Å². The zero-order chi connectivity index (χ0) is 18.1. The second-order valence-electron chi connectivity index (χ2n) is 7.59. The Bertz CT molecular complexity index is 514. The summed E-state index contributed by atoms with van der Waals surface area (Å²) >= 11 is 0. The Balaban J connectivity index is 1.54. The van der Waals surface area contributed by atoms with Crippen LogP contribution < -0.4 is 0 Å². The molecule has 142 valence electrons. The predicted molar refractivity (Wildman–Crippen MR) is 86.8 cm³/mol. The molecule has 5 nitrogen and oxygen atoms in total. The van der Waals surface area contributed by atoms with Crippen molar-refractivity contribution < 1.29 is 27.8 Å². The standard InChI is InChI=1S/C17H25F3N2O3/c1-15(6-7-15)16(23,12-8-21-11-22-9-12)10-24-13-2-4-14(5-3-13)25-17(18,19)20/h8-9,12-14,23H,2-7,10-11H2,1H3. The van der Waals surface area contributed by atoms with Gasteiger partial charge in [0.15, 0.2) is 0 Å². The lowest BCUT2D eigenvalue weighted by Gasteiger charge is -2.40. The molecule has 1 atom stereocenters. The van der Waals surface area contributed by atoms with Gasteiger partial charge in [-0.15, -0.1) is 13.2 Å². The average Bonchev–Trinajstić information content (AvgIpc) is 3.33. The van der Waals surface area contributed by atoms with Crippen molar-refractivity contribution in [2.24, 2.45) is 21.3 Å². The van der Waals surface area contributed by atoms with E-state index in [4.69, 9.17) is 4.74 Å². The van der Waals surface area contributed by atoms with Gasteiger partial charge in [-0.3, -0.25) is 14.7 Å². The molecule has 0 aromatic carbocycles. The topological polar surface area (TPSA) is 63.4 Å². The predicted octanol–water partition coefficient (Wildman–Crippen LogP) is 3.11. The molecule has 3 rings (SSSR count). The highest BCUT2D eigenvalue weighted by molar-refractivity contribution is 5.87. The summed E-state index contributed by atoms with van der Waals surface area (Å²) in [5.74, 6) is -0.293. The van der Waals surface area contributed by atoms with Crippen molar-refractivity contribution in [3.63, 3.8) is 0 Å². The van der Waals surface area contributed by atoms with Crippen molar-refractivity contribution in [1.82, 2.24) is 0 Å². The fourth-order valence-electron chi connectivity index (χ4n) is 3.70. The van der Waals surface area contributed by atoms with Gasteiger partial charge in [0.1, 0.15) is 12.3 Å². The van der Waals surface area contributed by atoms with E-state index in [1.54, 1.807) is 12.4 Å². The van der Waals surface area contributed by atoms with Crippen molar-refractivity contribution in [3.8, 4) is 0 Å². The molecule has 0 bridgehead atoms. The van der Waals surface area contributed by atoms with Gasteiger partial charge >= 0.3 is 6.36 Å². The number of alkyl halides is 3. The van der Waals surface area contributed by atoms with Crippen LogP contribution in [-0.2, 0) is 9.47 Å². The number of aliphatic imine (C=N–C) groups is 2. The Labute approximate surface area is 145 Å². The molecule has 1 aliphatic heterocycles. The summed E-state index contributed by atoms with van der Waals surface area (Å²) in [6, 6.07) is 0.